The molecular formula is C20H19NO2S. The smallest absolute Gasteiger partial charge is 0.225 e. The predicted molar refractivity (Wildman–Crippen MR) is 98.6 cm³/mol. The lowest BCUT2D eigenvalue weighted by atomic mass is 9.95. The quantitative estimate of drug-likeness (QED) is 0.656. The predicted octanol–water partition coefficient (Wildman–Crippen LogP) is 4.63. The largest absolute Gasteiger partial charge is 0.325 e. The van der Waals surface area contributed by atoms with E-state index >= 15 is 0 Å². The van der Waals surface area contributed by atoms with E-state index in [4.69, 9.17) is 0 Å². The molecule has 1 unspecified atom stereocenters. The SMILES string of the molecule is C/C=C(\C(=O)c1ccccc1C)C1CC(=O)Nc2ccccc2S1. The average Bonchev–Trinajstić information content (AvgIpc) is 2.73. The molecule has 0 saturated carbocycles. The van der Waals surface area contributed by atoms with Gasteiger partial charge in [-0.2, -0.15) is 0 Å². The molecule has 4 heteroatoms. The Labute approximate surface area is 146 Å². The number of nitrogens with one attached hydrogen (secondary N) is 1. The number of Topliss-reactive ketones (excluding diaryl/α,β-unsaturated/α-hetero) is 1. The van der Waals surface area contributed by atoms with E-state index in [2.05, 4.69) is 5.32 Å². The molecule has 3 rings (SSSR count). The van der Waals surface area contributed by atoms with Crippen LogP contribution in [0, 0.1) is 6.92 Å². The van der Waals surface area contributed by atoms with E-state index in [1.54, 1.807) is 11.8 Å². The molecule has 3 nitrogen and oxygen atoms in total. The van der Waals surface area contributed by atoms with Gasteiger partial charge in [0, 0.05) is 27.7 Å². The van der Waals surface area contributed by atoms with Crippen molar-refractivity contribution in [2.75, 3.05) is 5.32 Å². The fourth-order valence-electron chi connectivity index (χ4n) is 2.86. The second-order valence-electron chi connectivity index (χ2n) is 5.74. The summed E-state index contributed by atoms with van der Waals surface area (Å²) in [6, 6.07) is 15.3. The number of carbonyl (C=O) groups is 2. The van der Waals surface area contributed by atoms with Crippen molar-refractivity contribution < 1.29 is 9.59 Å². The molecule has 0 radical (unpaired) electrons. The van der Waals surface area contributed by atoms with Gasteiger partial charge in [0.1, 0.15) is 0 Å². The third-order valence-electron chi connectivity index (χ3n) is 4.11. The first-order valence-corrected chi connectivity index (χ1v) is 8.80. The minimum absolute atomic E-state index is 0.000260. The second kappa shape index (κ2) is 7.05. The van der Waals surface area contributed by atoms with Crippen LogP contribution in [-0.2, 0) is 4.79 Å². The molecule has 1 heterocycles. The van der Waals surface area contributed by atoms with Crippen molar-refractivity contribution in [3.8, 4) is 0 Å². The van der Waals surface area contributed by atoms with Crippen molar-refractivity contribution in [2.45, 2.75) is 30.4 Å². The standard InChI is InChI=1S/C20H19NO2S/c1-3-14(20(23)15-9-5-4-8-13(15)2)18-12-19(22)21-16-10-6-7-11-17(16)24-18/h3-11,18H,12H2,1-2H3,(H,21,22)/b14-3-. The Bertz CT molecular complexity index is 826. The number of rotatable bonds is 3. The number of ketones is 1. The maximum absolute atomic E-state index is 13.0. The third kappa shape index (κ3) is 3.29. The van der Waals surface area contributed by atoms with Gasteiger partial charge in [0.05, 0.1) is 5.69 Å². The zero-order chi connectivity index (χ0) is 17.1. The summed E-state index contributed by atoms with van der Waals surface area (Å²) in [4.78, 5) is 26.2. The highest BCUT2D eigenvalue weighted by molar-refractivity contribution is 8.00. The van der Waals surface area contributed by atoms with Crippen molar-refractivity contribution in [3.63, 3.8) is 0 Å². The summed E-state index contributed by atoms with van der Waals surface area (Å²) in [7, 11) is 0. The molecule has 0 saturated heterocycles. The maximum Gasteiger partial charge on any atom is 0.225 e. The fourth-order valence-corrected chi connectivity index (χ4v) is 4.17. The van der Waals surface area contributed by atoms with Crippen LogP contribution in [0.2, 0.25) is 0 Å². The minimum Gasteiger partial charge on any atom is -0.325 e. The second-order valence-corrected chi connectivity index (χ2v) is 6.99. The van der Waals surface area contributed by atoms with Crippen LogP contribution in [-0.4, -0.2) is 16.9 Å². The number of hydrogen-bond acceptors (Lipinski definition) is 3. The number of thioether (sulfide) groups is 1. The molecule has 2 aromatic rings. The van der Waals surface area contributed by atoms with Gasteiger partial charge in [-0.1, -0.05) is 42.5 Å². The van der Waals surface area contributed by atoms with E-state index in [0.717, 1.165) is 16.1 Å². The molecule has 1 N–H and O–H groups in total. The number of fused-ring (bicyclic) bond motifs is 1. The van der Waals surface area contributed by atoms with E-state index in [0.29, 0.717) is 11.1 Å². The lowest BCUT2D eigenvalue weighted by Crippen LogP contribution is -2.21. The molecule has 1 amide bonds. The summed E-state index contributed by atoms with van der Waals surface area (Å²) in [6.07, 6.45) is 2.13. The van der Waals surface area contributed by atoms with Crippen molar-refractivity contribution in [3.05, 3.63) is 71.3 Å². The fraction of sp³-hybridized carbons (Fsp3) is 0.200. The maximum atomic E-state index is 13.0. The summed E-state index contributed by atoms with van der Waals surface area (Å²) in [5.74, 6) is -0.0605. The van der Waals surface area contributed by atoms with E-state index in [9.17, 15) is 9.59 Å². The van der Waals surface area contributed by atoms with Crippen LogP contribution in [0.25, 0.3) is 0 Å². The highest BCUT2D eigenvalue weighted by Crippen LogP contribution is 2.38. The molecule has 0 spiro atoms. The zero-order valence-electron chi connectivity index (χ0n) is 13.7. The number of carbonyl (C=O) groups excluding carboxylic acids is 2. The molecule has 0 aromatic heterocycles. The van der Waals surface area contributed by atoms with Gasteiger partial charge in [-0.05, 0) is 31.5 Å². The molecule has 1 aliphatic rings. The van der Waals surface area contributed by atoms with Gasteiger partial charge in [0.2, 0.25) is 5.91 Å². The molecular weight excluding hydrogens is 318 g/mol. The molecule has 122 valence electrons. The lowest BCUT2D eigenvalue weighted by molar-refractivity contribution is -0.116. The summed E-state index contributed by atoms with van der Waals surface area (Å²) >= 11 is 1.57. The van der Waals surface area contributed by atoms with E-state index in [1.807, 2.05) is 68.5 Å². The first-order chi connectivity index (χ1) is 11.6. The highest BCUT2D eigenvalue weighted by atomic mass is 32.2. The minimum atomic E-state index is -0.189. The monoisotopic (exact) mass is 337 g/mol. The normalized spacial score (nSPS) is 17.7. The number of aryl methyl sites for hydroxylation is 1. The molecule has 1 aliphatic heterocycles. The van der Waals surface area contributed by atoms with E-state index in [1.165, 1.54) is 0 Å². The van der Waals surface area contributed by atoms with Crippen molar-refractivity contribution in [1.82, 2.24) is 0 Å². The summed E-state index contributed by atoms with van der Waals surface area (Å²) in [5, 5.41) is 2.73. The summed E-state index contributed by atoms with van der Waals surface area (Å²) in [6.45, 7) is 3.80. The van der Waals surface area contributed by atoms with Crippen molar-refractivity contribution in [2.24, 2.45) is 0 Å². The van der Waals surface area contributed by atoms with Crippen LogP contribution in [0.3, 0.4) is 0 Å². The average molecular weight is 337 g/mol. The van der Waals surface area contributed by atoms with Crippen LogP contribution in [0.4, 0.5) is 5.69 Å². The Morgan fingerprint density at radius 1 is 1.17 bits per heavy atom. The molecule has 0 bridgehead atoms. The highest BCUT2D eigenvalue weighted by Gasteiger charge is 2.28. The molecule has 1 atom stereocenters. The van der Waals surface area contributed by atoms with Gasteiger partial charge < -0.3 is 5.32 Å². The van der Waals surface area contributed by atoms with Gasteiger partial charge in [-0.15, -0.1) is 11.8 Å². The Balaban J connectivity index is 1.95. The number of para-hydroxylation sites is 1. The molecule has 2 aromatic carbocycles. The van der Waals surface area contributed by atoms with Gasteiger partial charge in [0.15, 0.2) is 5.78 Å². The third-order valence-corrected chi connectivity index (χ3v) is 5.43. The Hall–Kier alpha value is -2.33. The Kier molecular flexibility index (Phi) is 4.86. The van der Waals surface area contributed by atoms with Crippen LogP contribution in [0.5, 0.6) is 0 Å². The van der Waals surface area contributed by atoms with Crippen molar-refractivity contribution in [1.29, 1.82) is 0 Å². The van der Waals surface area contributed by atoms with Crippen LogP contribution < -0.4 is 5.32 Å². The summed E-state index contributed by atoms with van der Waals surface area (Å²) in [5.41, 5.74) is 3.14. The van der Waals surface area contributed by atoms with Gasteiger partial charge in [-0.25, -0.2) is 0 Å². The first-order valence-electron chi connectivity index (χ1n) is 7.92. The number of benzene rings is 2. The van der Waals surface area contributed by atoms with Crippen LogP contribution in [0.1, 0.15) is 29.3 Å². The summed E-state index contributed by atoms with van der Waals surface area (Å²) < 4.78 is 0. The van der Waals surface area contributed by atoms with Gasteiger partial charge in [0.25, 0.3) is 0 Å². The lowest BCUT2D eigenvalue weighted by Gasteiger charge is -2.17. The first kappa shape index (κ1) is 16.5. The van der Waals surface area contributed by atoms with Gasteiger partial charge in [-0.3, -0.25) is 9.59 Å². The topological polar surface area (TPSA) is 46.2 Å². The van der Waals surface area contributed by atoms with Crippen LogP contribution in [0.15, 0.2) is 65.1 Å². The van der Waals surface area contributed by atoms with Crippen molar-refractivity contribution >= 4 is 29.1 Å². The zero-order valence-corrected chi connectivity index (χ0v) is 14.5. The van der Waals surface area contributed by atoms with Gasteiger partial charge >= 0.3 is 0 Å². The Morgan fingerprint density at radius 2 is 1.88 bits per heavy atom. The molecule has 24 heavy (non-hydrogen) atoms. The number of allylic oxidation sites excluding steroid dienone is 1. The van der Waals surface area contributed by atoms with E-state index in [-0.39, 0.29) is 23.4 Å². The number of amides is 1. The molecule has 0 fully saturated rings. The number of hydrogen-bond donors (Lipinski definition) is 1. The van der Waals surface area contributed by atoms with E-state index < -0.39 is 0 Å². The van der Waals surface area contributed by atoms with Crippen LogP contribution >= 0.6 is 11.8 Å². The molecule has 0 aliphatic carbocycles. The number of anilines is 1. The Morgan fingerprint density at radius 3 is 2.62 bits per heavy atom.